The van der Waals surface area contributed by atoms with Crippen LogP contribution in [0.15, 0.2) is 22.8 Å². The molecular formula is C14H16BrN3O. The fraction of sp³-hybridized carbons (Fsp3) is 0.500. The van der Waals surface area contributed by atoms with Crippen LogP contribution < -0.4 is 5.32 Å². The molecule has 1 aliphatic carbocycles. The van der Waals surface area contributed by atoms with Crippen molar-refractivity contribution in [1.29, 1.82) is 5.26 Å². The summed E-state index contributed by atoms with van der Waals surface area (Å²) in [6, 6.07) is 6.98. The van der Waals surface area contributed by atoms with E-state index in [-0.39, 0.29) is 11.8 Å². The minimum absolute atomic E-state index is 0.273. The smallest absolute Gasteiger partial charge is 0.270 e. The predicted molar refractivity (Wildman–Crippen MR) is 75.4 cm³/mol. The molecule has 1 saturated carbocycles. The zero-order chi connectivity index (χ0) is 13.7. The molecule has 0 saturated heterocycles. The van der Waals surface area contributed by atoms with Crippen molar-refractivity contribution >= 4 is 21.8 Å². The van der Waals surface area contributed by atoms with Crippen LogP contribution >= 0.6 is 15.9 Å². The van der Waals surface area contributed by atoms with Crippen molar-refractivity contribution in [1.82, 2.24) is 10.3 Å². The minimum Gasteiger partial charge on any atom is -0.335 e. The monoisotopic (exact) mass is 321 g/mol. The first-order chi connectivity index (χ1) is 9.20. The van der Waals surface area contributed by atoms with E-state index in [1.54, 1.807) is 18.2 Å². The maximum atomic E-state index is 12.1. The summed E-state index contributed by atoms with van der Waals surface area (Å²) in [7, 11) is 0. The molecule has 1 N–H and O–H groups in total. The van der Waals surface area contributed by atoms with Crippen LogP contribution in [-0.4, -0.2) is 16.9 Å². The van der Waals surface area contributed by atoms with Gasteiger partial charge in [-0.25, -0.2) is 4.98 Å². The Bertz CT molecular complexity index is 492. The Kier molecular flexibility index (Phi) is 4.92. The van der Waals surface area contributed by atoms with Crippen molar-refractivity contribution in [2.24, 2.45) is 5.92 Å². The Morgan fingerprint density at radius 2 is 2.16 bits per heavy atom. The van der Waals surface area contributed by atoms with Gasteiger partial charge in [-0.05, 0) is 46.8 Å². The third kappa shape index (κ3) is 3.77. The normalized spacial score (nSPS) is 17.5. The standard InChI is InChI=1S/C14H16BrN3O/c15-13-8-4-7-11(17-13)14(19)18-12(9-16)10-5-2-1-3-6-10/h4,7-8,10,12H,1-3,5-6H2,(H,18,19). The van der Waals surface area contributed by atoms with Crippen molar-refractivity contribution in [2.45, 2.75) is 38.1 Å². The summed E-state index contributed by atoms with van der Waals surface area (Å²) in [5, 5.41) is 12.0. The van der Waals surface area contributed by atoms with Crippen LogP contribution in [0.4, 0.5) is 0 Å². The third-order valence-electron chi connectivity index (χ3n) is 3.49. The molecule has 5 heteroatoms. The molecule has 2 rings (SSSR count). The molecule has 0 aromatic carbocycles. The Morgan fingerprint density at radius 1 is 1.42 bits per heavy atom. The second kappa shape index (κ2) is 6.67. The van der Waals surface area contributed by atoms with E-state index in [4.69, 9.17) is 0 Å². The average molecular weight is 322 g/mol. The SMILES string of the molecule is N#CC(NC(=O)c1cccc(Br)n1)C1CCCCC1. The van der Waals surface area contributed by atoms with Crippen molar-refractivity contribution in [3.8, 4) is 6.07 Å². The molecule has 4 nitrogen and oxygen atoms in total. The van der Waals surface area contributed by atoms with Gasteiger partial charge in [0.2, 0.25) is 0 Å². The van der Waals surface area contributed by atoms with Gasteiger partial charge >= 0.3 is 0 Å². The third-order valence-corrected chi connectivity index (χ3v) is 3.94. The number of rotatable bonds is 3. The van der Waals surface area contributed by atoms with Gasteiger partial charge in [0.05, 0.1) is 6.07 Å². The molecule has 1 fully saturated rings. The molecule has 1 heterocycles. The molecule has 0 aliphatic heterocycles. The first-order valence-electron chi connectivity index (χ1n) is 6.54. The van der Waals surface area contributed by atoms with Crippen LogP contribution in [0.1, 0.15) is 42.6 Å². The highest BCUT2D eigenvalue weighted by molar-refractivity contribution is 9.10. The van der Waals surface area contributed by atoms with Crippen molar-refractivity contribution in [2.75, 3.05) is 0 Å². The van der Waals surface area contributed by atoms with Crippen molar-refractivity contribution in [3.05, 3.63) is 28.5 Å². The van der Waals surface area contributed by atoms with E-state index in [2.05, 4.69) is 32.3 Å². The summed E-state index contributed by atoms with van der Waals surface area (Å²) in [5.74, 6) is -0.00623. The lowest BCUT2D eigenvalue weighted by atomic mass is 9.84. The summed E-state index contributed by atoms with van der Waals surface area (Å²) in [6.07, 6.45) is 5.56. The second-order valence-corrected chi connectivity index (χ2v) is 5.64. The molecule has 1 atom stereocenters. The quantitative estimate of drug-likeness (QED) is 0.870. The molecular weight excluding hydrogens is 306 g/mol. The molecule has 0 spiro atoms. The molecule has 1 aromatic rings. The fourth-order valence-corrected chi connectivity index (χ4v) is 2.82. The van der Waals surface area contributed by atoms with Gasteiger partial charge in [-0.1, -0.05) is 25.3 Å². The topological polar surface area (TPSA) is 65.8 Å². The largest absolute Gasteiger partial charge is 0.335 e. The molecule has 100 valence electrons. The zero-order valence-corrected chi connectivity index (χ0v) is 12.2. The lowest BCUT2D eigenvalue weighted by Gasteiger charge is -2.26. The van der Waals surface area contributed by atoms with Crippen molar-refractivity contribution < 1.29 is 4.79 Å². The zero-order valence-electron chi connectivity index (χ0n) is 10.6. The number of hydrogen-bond acceptors (Lipinski definition) is 3. The van der Waals surface area contributed by atoms with E-state index in [9.17, 15) is 10.1 Å². The van der Waals surface area contributed by atoms with E-state index in [0.717, 1.165) is 25.7 Å². The molecule has 0 bridgehead atoms. The van der Waals surface area contributed by atoms with Gasteiger partial charge in [-0.15, -0.1) is 0 Å². The van der Waals surface area contributed by atoms with E-state index < -0.39 is 6.04 Å². The number of pyridine rings is 1. The number of halogens is 1. The number of carbonyl (C=O) groups excluding carboxylic acids is 1. The Morgan fingerprint density at radius 3 is 2.79 bits per heavy atom. The summed E-state index contributed by atoms with van der Waals surface area (Å²) in [5.41, 5.74) is 0.338. The van der Waals surface area contributed by atoms with Crippen molar-refractivity contribution in [3.63, 3.8) is 0 Å². The molecule has 1 aliphatic rings. The second-order valence-electron chi connectivity index (χ2n) is 4.82. The Hall–Kier alpha value is -1.41. The number of carbonyl (C=O) groups is 1. The number of nitrogens with one attached hydrogen (secondary N) is 1. The lowest BCUT2D eigenvalue weighted by Crippen LogP contribution is -2.40. The number of nitriles is 1. The van der Waals surface area contributed by atoms with Gasteiger partial charge in [0.1, 0.15) is 16.3 Å². The number of aromatic nitrogens is 1. The molecule has 19 heavy (non-hydrogen) atoms. The highest BCUT2D eigenvalue weighted by Crippen LogP contribution is 2.26. The Labute approximate surface area is 121 Å². The van der Waals surface area contributed by atoms with E-state index in [0.29, 0.717) is 10.3 Å². The Balaban J connectivity index is 2.02. The summed E-state index contributed by atoms with van der Waals surface area (Å²) in [6.45, 7) is 0. The first kappa shape index (κ1) is 14.0. The van der Waals surface area contributed by atoms with Gasteiger partial charge in [0.25, 0.3) is 5.91 Å². The van der Waals surface area contributed by atoms with Crippen LogP contribution in [0, 0.1) is 17.2 Å². The van der Waals surface area contributed by atoms with Crippen LogP contribution in [0.3, 0.4) is 0 Å². The van der Waals surface area contributed by atoms with Gasteiger partial charge in [-0.3, -0.25) is 4.79 Å². The highest BCUT2D eigenvalue weighted by atomic mass is 79.9. The summed E-state index contributed by atoms with van der Waals surface area (Å²) < 4.78 is 0.617. The van der Waals surface area contributed by atoms with Gasteiger partial charge in [-0.2, -0.15) is 5.26 Å². The van der Waals surface area contributed by atoms with E-state index >= 15 is 0 Å². The predicted octanol–water partition coefficient (Wildman–Crippen LogP) is 3.05. The number of amides is 1. The van der Waals surface area contributed by atoms with Crippen LogP contribution in [0.25, 0.3) is 0 Å². The maximum absolute atomic E-state index is 12.1. The van der Waals surface area contributed by atoms with Crippen LogP contribution in [-0.2, 0) is 0 Å². The number of nitrogens with zero attached hydrogens (tertiary/aromatic N) is 2. The molecule has 1 amide bonds. The fourth-order valence-electron chi connectivity index (χ4n) is 2.47. The van der Waals surface area contributed by atoms with Gasteiger partial charge < -0.3 is 5.32 Å². The van der Waals surface area contributed by atoms with Crippen LogP contribution in [0.5, 0.6) is 0 Å². The lowest BCUT2D eigenvalue weighted by molar-refractivity contribution is 0.0923. The maximum Gasteiger partial charge on any atom is 0.270 e. The van der Waals surface area contributed by atoms with Gasteiger partial charge in [0, 0.05) is 0 Å². The minimum atomic E-state index is -0.409. The summed E-state index contributed by atoms with van der Waals surface area (Å²) >= 11 is 3.23. The van der Waals surface area contributed by atoms with E-state index in [1.807, 2.05) is 0 Å². The van der Waals surface area contributed by atoms with E-state index in [1.165, 1.54) is 6.42 Å². The highest BCUT2D eigenvalue weighted by Gasteiger charge is 2.25. The summed E-state index contributed by atoms with van der Waals surface area (Å²) in [4.78, 5) is 16.2. The number of hydrogen-bond donors (Lipinski definition) is 1. The van der Waals surface area contributed by atoms with Gasteiger partial charge in [0.15, 0.2) is 0 Å². The molecule has 1 aromatic heterocycles. The average Bonchev–Trinajstić information content (AvgIpc) is 2.45. The molecule has 1 unspecified atom stereocenters. The van der Waals surface area contributed by atoms with Crippen LogP contribution in [0.2, 0.25) is 0 Å². The molecule has 0 radical (unpaired) electrons. The first-order valence-corrected chi connectivity index (χ1v) is 7.33.